The number of carbonyl (C=O) groups is 1. The second kappa shape index (κ2) is 10.9. The number of Topliss-reactive ketones (excluding diaryl/α,β-unsaturated/α-hetero) is 1. The number of fused-ring (bicyclic) bond motifs is 1. The number of hydrogen-bond donors (Lipinski definition) is 1. The number of rotatable bonds is 3. The van der Waals surface area contributed by atoms with Crippen LogP contribution in [0.25, 0.3) is 0 Å². The van der Waals surface area contributed by atoms with Crippen LogP contribution in [0.4, 0.5) is 0 Å². The van der Waals surface area contributed by atoms with Gasteiger partial charge in [0.15, 0.2) is 5.76 Å². The van der Waals surface area contributed by atoms with E-state index in [0.29, 0.717) is 12.2 Å². The second-order valence-corrected chi connectivity index (χ2v) is 9.31. The standard InChI is InChI=1S/C27H40O3/c1-7-9-22(5)30-25-18-23-14-13-21(4)24(28)15-12-19(2)10-8-11-20(3)16-17-27(23,6)26(25)29/h7,9-10,13,16,18,22-24,28H,8,11-12,14-15,17H2,1-6H3/b9-7+,19-10-,20-16+,21-13+/t22-,23+,24-,27-/m0/s1. The number of carbonyl (C=O) groups excluding carboxylic acids is 1. The SMILES string of the molecule is C/C=C/[C@H](C)OC1=C[C@H]2C/C=C(\C)[C@@H](O)CC/C(C)=C\CC/C(C)=C/C[C@]2(C)C1=O. The molecule has 2 rings (SSSR count). The van der Waals surface area contributed by atoms with Gasteiger partial charge in [-0.1, -0.05) is 42.4 Å². The van der Waals surface area contributed by atoms with Crippen LogP contribution in [0.2, 0.25) is 0 Å². The van der Waals surface area contributed by atoms with Gasteiger partial charge in [-0.2, -0.15) is 0 Å². The predicted octanol–water partition coefficient (Wildman–Crippen LogP) is 6.61. The minimum Gasteiger partial charge on any atom is -0.483 e. The maximum atomic E-state index is 13.4. The average molecular weight is 413 g/mol. The van der Waals surface area contributed by atoms with Crippen LogP contribution in [0.3, 0.4) is 0 Å². The lowest BCUT2D eigenvalue weighted by Crippen LogP contribution is -2.31. The Hall–Kier alpha value is -1.87. The van der Waals surface area contributed by atoms with Gasteiger partial charge >= 0.3 is 0 Å². The molecule has 0 radical (unpaired) electrons. The van der Waals surface area contributed by atoms with Gasteiger partial charge in [0, 0.05) is 5.41 Å². The number of ether oxygens (including phenoxy) is 1. The molecule has 1 N–H and O–H groups in total. The molecule has 0 aromatic rings. The van der Waals surface area contributed by atoms with Crippen molar-refractivity contribution < 1.29 is 14.6 Å². The highest BCUT2D eigenvalue weighted by Gasteiger charge is 2.46. The molecular formula is C27H40O3. The Kier molecular flexibility index (Phi) is 8.91. The van der Waals surface area contributed by atoms with E-state index in [9.17, 15) is 9.90 Å². The quantitative estimate of drug-likeness (QED) is 0.530. The molecule has 0 unspecified atom stereocenters. The number of hydrogen-bond acceptors (Lipinski definition) is 3. The highest BCUT2D eigenvalue weighted by molar-refractivity contribution is 6.01. The van der Waals surface area contributed by atoms with Gasteiger partial charge in [0.25, 0.3) is 0 Å². The van der Waals surface area contributed by atoms with E-state index in [2.05, 4.69) is 39.0 Å². The van der Waals surface area contributed by atoms with Crippen LogP contribution in [-0.2, 0) is 9.53 Å². The van der Waals surface area contributed by atoms with Gasteiger partial charge in [-0.05, 0) is 96.8 Å². The Bertz CT molecular complexity index is 765. The fourth-order valence-electron chi connectivity index (χ4n) is 4.25. The van der Waals surface area contributed by atoms with E-state index in [0.717, 1.165) is 37.7 Å². The molecule has 0 aliphatic heterocycles. The molecule has 3 nitrogen and oxygen atoms in total. The summed E-state index contributed by atoms with van der Waals surface area (Å²) >= 11 is 0. The molecule has 30 heavy (non-hydrogen) atoms. The van der Waals surface area contributed by atoms with E-state index >= 15 is 0 Å². The van der Waals surface area contributed by atoms with Gasteiger partial charge in [0.2, 0.25) is 5.78 Å². The second-order valence-electron chi connectivity index (χ2n) is 9.31. The minimum absolute atomic E-state index is 0.0639. The normalized spacial score (nSPS) is 35.6. The molecular weight excluding hydrogens is 372 g/mol. The first-order valence-corrected chi connectivity index (χ1v) is 11.4. The smallest absolute Gasteiger partial charge is 0.203 e. The summed E-state index contributed by atoms with van der Waals surface area (Å²) in [4.78, 5) is 13.4. The van der Waals surface area contributed by atoms with Crippen molar-refractivity contribution in [2.75, 3.05) is 0 Å². The molecule has 0 aromatic heterocycles. The molecule has 4 atom stereocenters. The number of aliphatic hydroxyl groups excluding tert-OH is 1. The highest BCUT2D eigenvalue weighted by atomic mass is 16.5. The van der Waals surface area contributed by atoms with E-state index in [1.54, 1.807) is 0 Å². The fourth-order valence-corrected chi connectivity index (χ4v) is 4.25. The third kappa shape index (κ3) is 6.31. The lowest BCUT2D eigenvalue weighted by Gasteiger charge is -2.29. The van der Waals surface area contributed by atoms with E-state index in [-0.39, 0.29) is 17.8 Å². The first-order chi connectivity index (χ1) is 14.2. The summed E-state index contributed by atoms with van der Waals surface area (Å²) in [7, 11) is 0. The van der Waals surface area contributed by atoms with Crippen molar-refractivity contribution in [2.24, 2.45) is 11.3 Å². The van der Waals surface area contributed by atoms with Crippen molar-refractivity contribution in [3.63, 3.8) is 0 Å². The lowest BCUT2D eigenvalue weighted by molar-refractivity contribution is -0.127. The third-order valence-electron chi connectivity index (χ3n) is 6.63. The molecule has 3 heteroatoms. The maximum Gasteiger partial charge on any atom is 0.203 e. The Morgan fingerprint density at radius 2 is 1.87 bits per heavy atom. The van der Waals surface area contributed by atoms with Gasteiger partial charge in [-0.25, -0.2) is 0 Å². The van der Waals surface area contributed by atoms with Crippen LogP contribution < -0.4 is 0 Å². The van der Waals surface area contributed by atoms with Crippen molar-refractivity contribution in [1.29, 1.82) is 0 Å². The van der Waals surface area contributed by atoms with Gasteiger partial charge in [-0.3, -0.25) is 4.79 Å². The fraction of sp³-hybridized carbons (Fsp3) is 0.593. The van der Waals surface area contributed by atoms with Crippen molar-refractivity contribution in [3.8, 4) is 0 Å². The first kappa shape index (κ1) is 24.4. The zero-order valence-electron chi connectivity index (χ0n) is 19.7. The van der Waals surface area contributed by atoms with Crippen LogP contribution in [0.5, 0.6) is 0 Å². The molecule has 2 aliphatic rings. The molecule has 0 bridgehead atoms. The summed E-state index contributed by atoms with van der Waals surface area (Å²) in [6, 6.07) is 0. The van der Waals surface area contributed by atoms with E-state index in [1.807, 2.05) is 39.0 Å². The van der Waals surface area contributed by atoms with E-state index in [4.69, 9.17) is 4.74 Å². The summed E-state index contributed by atoms with van der Waals surface area (Å²) in [6.45, 7) is 12.3. The minimum atomic E-state index is -0.514. The Balaban J connectivity index is 2.34. The number of aliphatic hydroxyl groups is 1. The molecule has 166 valence electrons. The topological polar surface area (TPSA) is 46.5 Å². The zero-order valence-corrected chi connectivity index (χ0v) is 19.7. The monoisotopic (exact) mass is 412 g/mol. The van der Waals surface area contributed by atoms with Gasteiger partial charge in [0.05, 0.1) is 6.10 Å². The van der Waals surface area contributed by atoms with Crippen LogP contribution in [0.1, 0.15) is 80.1 Å². The average Bonchev–Trinajstić information content (AvgIpc) is 2.93. The summed E-state index contributed by atoms with van der Waals surface area (Å²) in [5.74, 6) is 0.652. The van der Waals surface area contributed by atoms with Gasteiger partial charge < -0.3 is 9.84 Å². The predicted molar refractivity (Wildman–Crippen MR) is 125 cm³/mol. The Morgan fingerprint density at radius 3 is 2.57 bits per heavy atom. The van der Waals surface area contributed by atoms with Crippen molar-refractivity contribution >= 4 is 5.78 Å². The molecule has 0 saturated carbocycles. The van der Waals surface area contributed by atoms with Crippen LogP contribution in [0.15, 0.2) is 58.9 Å². The third-order valence-corrected chi connectivity index (χ3v) is 6.63. The molecule has 0 fully saturated rings. The van der Waals surface area contributed by atoms with Crippen LogP contribution in [0, 0.1) is 11.3 Å². The Morgan fingerprint density at radius 1 is 1.17 bits per heavy atom. The molecule has 0 heterocycles. The molecule has 0 spiro atoms. The van der Waals surface area contributed by atoms with Crippen LogP contribution >= 0.6 is 0 Å². The maximum absolute atomic E-state index is 13.4. The highest BCUT2D eigenvalue weighted by Crippen LogP contribution is 2.45. The first-order valence-electron chi connectivity index (χ1n) is 11.4. The molecule has 0 saturated heterocycles. The van der Waals surface area contributed by atoms with Crippen molar-refractivity contribution in [3.05, 3.63) is 58.9 Å². The Labute approximate surface area is 183 Å². The summed E-state index contributed by atoms with van der Waals surface area (Å²) in [6.07, 6.45) is 17.1. The summed E-state index contributed by atoms with van der Waals surface area (Å²) in [5.41, 5.74) is 3.14. The summed E-state index contributed by atoms with van der Waals surface area (Å²) in [5, 5.41) is 10.6. The number of allylic oxidation sites excluding steroid dienone is 8. The van der Waals surface area contributed by atoms with E-state index < -0.39 is 11.5 Å². The largest absolute Gasteiger partial charge is 0.483 e. The number of ketones is 1. The van der Waals surface area contributed by atoms with Crippen molar-refractivity contribution in [1.82, 2.24) is 0 Å². The van der Waals surface area contributed by atoms with Crippen LogP contribution in [-0.4, -0.2) is 23.1 Å². The summed E-state index contributed by atoms with van der Waals surface area (Å²) < 4.78 is 5.98. The lowest BCUT2D eigenvalue weighted by atomic mass is 9.73. The zero-order chi connectivity index (χ0) is 22.3. The van der Waals surface area contributed by atoms with Crippen molar-refractivity contribution in [2.45, 2.75) is 92.3 Å². The van der Waals surface area contributed by atoms with Gasteiger partial charge in [-0.15, -0.1) is 0 Å². The molecule has 0 aromatic carbocycles. The molecule has 2 aliphatic carbocycles. The van der Waals surface area contributed by atoms with E-state index in [1.165, 1.54) is 11.1 Å². The molecule has 0 amide bonds. The van der Waals surface area contributed by atoms with Gasteiger partial charge in [0.1, 0.15) is 6.10 Å².